The standard InChI is InChI=1S/C13H12O2/c1-8-5-9(2)13(15)12-6-10(7-14)3-4-11(8)12/h3-7,15H,1-2H3. The van der Waals surface area contributed by atoms with E-state index in [0.717, 1.165) is 28.2 Å². The molecule has 0 saturated carbocycles. The lowest BCUT2D eigenvalue weighted by Gasteiger charge is -2.08. The number of fused-ring (bicyclic) bond motifs is 1. The normalized spacial score (nSPS) is 10.5. The summed E-state index contributed by atoms with van der Waals surface area (Å²) < 4.78 is 0. The van der Waals surface area contributed by atoms with Crippen molar-refractivity contribution in [3.8, 4) is 5.75 Å². The molecule has 0 spiro atoms. The van der Waals surface area contributed by atoms with Crippen molar-refractivity contribution in [2.24, 2.45) is 0 Å². The van der Waals surface area contributed by atoms with Crippen LogP contribution in [0.15, 0.2) is 24.3 Å². The number of hydrogen-bond acceptors (Lipinski definition) is 2. The average Bonchev–Trinajstić information content (AvgIpc) is 2.25. The minimum atomic E-state index is 0.263. The van der Waals surface area contributed by atoms with Crippen LogP contribution in [0.5, 0.6) is 5.75 Å². The van der Waals surface area contributed by atoms with Gasteiger partial charge in [-0.2, -0.15) is 0 Å². The molecular weight excluding hydrogens is 188 g/mol. The molecule has 2 aromatic carbocycles. The Morgan fingerprint density at radius 3 is 2.47 bits per heavy atom. The third-order valence-electron chi connectivity index (χ3n) is 2.67. The quantitative estimate of drug-likeness (QED) is 0.718. The first-order valence-corrected chi connectivity index (χ1v) is 4.81. The van der Waals surface area contributed by atoms with Gasteiger partial charge in [-0.1, -0.05) is 18.2 Å². The first-order valence-electron chi connectivity index (χ1n) is 4.81. The molecule has 2 nitrogen and oxygen atoms in total. The third kappa shape index (κ3) is 1.48. The Bertz CT molecular complexity index is 542. The lowest BCUT2D eigenvalue weighted by atomic mass is 9.99. The maximum atomic E-state index is 10.6. The van der Waals surface area contributed by atoms with Crippen LogP contribution >= 0.6 is 0 Å². The van der Waals surface area contributed by atoms with Crippen molar-refractivity contribution < 1.29 is 9.90 Å². The number of aldehydes is 1. The summed E-state index contributed by atoms with van der Waals surface area (Å²) in [7, 11) is 0. The van der Waals surface area contributed by atoms with Crippen LogP contribution < -0.4 is 0 Å². The van der Waals surface area contributed by atoms with Gasteiger partial charge in [0.2, 0.25) is 0 Å². The molecule has 0 aliphatic heterocycles. The van der Waals surface area contributed by atoms with E-state index in [1.54, 1.807) is 12.1 Å². The van der Waals surface area contributed by atoms with E-state index < -0.39 is 0 Å². The zero-order valence-corrected chi connectivity index (χ0v) is 8.74. The van der Waals surface area contributed by atoms with E-state index in [0.29, 0.717) is 5.56 Å². The predicted octanol–water partition coefficient (Wildman–Crippen LogP) is 2.97. The van der Waals surface area contributed by atoms with Crippen LogP contribution in [0.25, 0.3) is 10.8 Å². The second-order valence-corrected chi connectivity index (χ2v) is 3.78. The minimum absolute atomic E-state index is 0.263. The van der Waals surface area contributed by atoms with Crippen molar-refractivity contribution in [3.63, 3.8) is 0 Å². The minimum Gasteiger partial charge on any atom is -0.507 e. The molecule has 2 rings (SSSR count). The Balaban J connectivity index is 2.91. The zero-order chi connectivity index (χ0) is 11.0. The van der Waals surface area contributed by atoms with Crippen molar-refractivity contribution in [2.45, 2.75) is 13.8 Å². The monoisotopic (exact) mass is 200 g/mol. The van der Waals surface area contributed by atoms with Crippen LogP contribution in [-0.4, -0.2) is 11.4 Å². The number of aromatic hydroxyl groups is 1. The van der Waals surface area contributed by atoms with Crippen molar-refractivity contribution in [1.82, 2.24) is 0 Å². The Morgan fingerprint density at radius 1 is 1.07 bits per heavy atom. The van der Waals surface area contributed by atoms with Gasteiger partial charge in [-0.25, -0.2) is 0 Å². The summed E-state index contributed by atoms with van der Waals surface area (Å²) in [6, 6.07) is 7.29. The summed E-state index contributed by atoms with van der Waals surface area (Å²) >= 11 is 0. The fourth-order valence-electron chi connectivity index (χ4n) is 1.86. The largest absolute Gasteiger partial charge is 0.507 e. The number of rotatable bonds is 1. The van der Waals surface area contributed by atoms with Crippen LogP contribution in [0.4, 0.5) is 0 Å². The summed E-state index contributed by atoms with van der Waals surface area (Å²) in [6.07, 6.45) is 0.788. The Labute approximate surface area is 88.2 Å². The van der Waals surface area contributed by atoms with Crippen molar-refractivity contribution >= 4 is 17.1 Å². The SMILES string of the molecule is Cc1cc(C)c2ccc(C=O)cc2c1O. The molecule has 1 N–H and O–H groups in total. The highest BCUT2D eigenvalue weighted by atomic mass is 16.3. The molecule has 0 fully saturated rings. The van der Waals surface area contributed by atoms with E-state index in [1.165, 1.54) is 0 Å². The highest BCUT2D eigenvalue weighted by Gasteiger charge is 2.06. The molecule has 0 amide bonds. The second-order valence-electron chi connectivity index (χ2n) is 3.78. The van der Waals surface area contributed by atoms with Gasteiger partial charge in [-0.15, -0.1) is 0 Å². The van der Waals surface area contributed by atoms with Gasteiger partial charge >= 0.3 is 0 Å². The lowest BCUT2D eigenvalue weighted by molar-refractivity contribution is 0.112. The zero-order valence-electron chi connectivity index (χ0n) is 8.74. The van der Waals surface area contributed by atoms with E-state index in [-0.39, 0.29) is 5.75 Å². The lowest BCUT2D eigenvalue weighted by Crippen LogP contribution is -1.86. The molecule has 0 saturated heterocycles. The van der Waals surface area contributed by atoms with Gasteiger partial charge < -0.3 is 5.11 Å². The van der Waals surface area contributed by atoms with Crippen molar-refractivity contribution in [3.05, 3.63) is 41.0 Å². The fourth-order valence-corrected chi connectivity index (χ4v) is 1.86. The van der Waals surface area contributed by atoms with E-state index in [2.05, 4.69) is 0 Å². The number of phenolic OH excluding ortho intramolecular Hbond substituents is 1. The molecule has 0 atom stereocenters. The van der Waals surface area contributed by atoms with E-state index in [9.17, 15) is 9.90 Å². The van der Waals surface area contributed by atoms with Crippen LogP contribution in [0, 0.1) is 13.8 Å². The third-order valence-corrected chi connectivity index (χ3v) is 2.67. The molecular formula is C13H12O2. The molecule has 0 unspecified atom stereocenters. The van der Waals surface area contributed by atoms with E-state index in [1.807, 2.05) is 26.0 Å². The summed E-state index contributed by atoms with van der Waals surface area (Å²) in [5.41, 5.74) is 2.53. The predicted molar refractivity (Wildman–Crippen MR) is 60.5 cm³/mol. The molecule has 0 aliphatic rings. The maximum Gasteiger partial charge on any atom is 0.150 e. The fraction of sp³-hybridized carbons (Fsp3) is 0.154. The van der Waals surface area contributed by atoms with Crippen LogP contribution in [0.1, 0.15) is 21.5 Å². The Kier molecular flexibility index (Phi) is 2.19. The molecule has 15 heavy (non-hydrogen) atoms. The summed E-state index contributed by atoms with van der Waals surface area (Å²) in [6.45, 7) is 3.85. The molecule has 0 heterocycles. The van der Waals surface area contributed by atoms with Crippen LogP contribution in [0.2, 0.25) is 0 Å². The molecule has 76 valence electrons. The Morgan fingerprint density at radius 2 is 1.80 bits per heavy atom. The van der Waals surface area contributed by atoms with Gasteiger partial charge in [0.1, 0.15) is 12.0 Å². The van der Waals surface area contributed by atoms with E-state index >= 15 is 0 Å². The van der Waals surface area contributed by atoms with Crippen molar-refractivity contribution in [2.75, 3.05) is 0 Å². The topological polar surface area (TPSA) is 37.3 Å². The first kappa shape index (κ1) is 9.71. The molecule has 0 aliphatic carbocycles. The summed E-state index contributed by atoms with van der Waals surface area (Å²) in [5, 5.41) is 11.6. The molecule has 0 radical (unpaired) electrons. The number of hydrogen-bond donors (Lipinski definition) is 1. The van der Waals surface area contributed by atoms with Gasteiger partial charge in [0.15, 0.2) is 0 Å². The molecule has 0 bridgehead atoms. The Hall–Kier alpha value is -1.83. The smallest absolute Gasteiger partial charge is 0.150 e. The van der Waals surface area contributed by atoms with Crippen molar-refractivity contribution in [1.29, 1.82) is 0 Å². The van der Waals surface area contributed by atoms with Gasteiger partial charge in [0, 0.05) is 10.9 Å². The maximum absolute atomic E-state index is 10.6. The second kappa shape index (κ2) is 3.39. The number of carbonyl (C=O) groups is 1. The highest BCUT2D eigenvalue weighted by Crippen LogP contribution is 2.31. The molecule has 2 heteroatoms. The number of aryl methyl sites for hydroxylation is 2. The number of carbonyl (C=O) groups excluding carboxylic acids is 1. The highest BCUT2D eigenvalue weighted by molar-refractivity contribution is 5.95. The van der Waals surface area contributed by atoms with Crippen LogP contribution in [-0.2, 0) is 0 Å². The van der Waals surface area contributed by atoms with E-state index in [4.69, 9.17) is 0 Å². The molecule has 2 aromatic rings. The summed E-state index contributed by atoms with van der Waals surface area (Å²) in [5.74, 6) is 0.263. The van der Waals surface area contributed by atoms with Crippen LogP contribution in [0.3, 0.4) is 0 Å². The number of benzene rings is 2. The summed E-state index contributed by atoms with van der Waals surface area (Å²) in [4.78, 5) is 10.6. The average molecular weight is 200 g/mol. The van der Waals surface area contributed by atoms with Gasteiger partial charge in [0.25, 0.3) is 0 Å². The van der Waals surface area contributed by atoms with Gasteiger partial charge in [-0.3, -0.25) is 4.79 Å². The first-order chi connectivity index (χ1) is 7.13. The molecule has 0 aromatic heterocycles. The van der Waals surface area contributed by atoms with Gasteiger partial charge in [-0.05, 0) is 36.4 Å². The number of phenols is 1. The van der Waals surface area contributed by atoms with Gasteiger partial charge in [0.05, 0.1) is 0 Å².